The maximum absolute atomic E-state index is 13.0. The van der Waals surface area contributed by atoms with E-state index >= 15 is 0 Å². The first-order valence-corrected chi connectivity index (χ1v) is 9.56. The molecule has 1 amide bonds. The molecule has 0 unspecified atom stereocenters. The predicted octanol–water partition coefficient (Wildman–Crippen LogP) is 6.26. The zero-order valence-electron chi connectivity index (χ0n) is 15.5. The molecule has 0 radical (unpaired) electrons. The van der Waals surface area contributed by atoms with Gasteiger partial charge < -0.3 is 10.1 Å². The van der Waals surface area contributed by atoms with Crippen LogP contribution in [0.5, 0.6) is 5.75 Å². The number of benzene rings is 3. The molecule has 0 aliphatic rings. The lowest BCUT2D eigenvalue weighted by Gasteiger charge is -2.09. The van der Waals surface area contributed by atoms with Crippen molar-refractivity contribution in [3.8, 4) is 11.8 Å². The van der Waals surface area contributed by atoms with Crippen molar-refractivity contribution in [2.45, 2.75) is 6.61 Å². The van der Waals surface area contributed by atoms with Gasteiger partial charge in [0.2, 0.25) is 0 Å². The van der Waals surface area contributed by atoms with E-state index in [2.05, 4.69) is 5.32 Å². The topological polar surface area (TPSA) is 62.1 Å². The molecular weight excluding hydrogens is 426 g/mol. The van der Waals surface area contributed by atoms with Gasteiger partial charge >= 0.3 is 0 Å². The van der Waals surface area contributed by atoms with Gasteiger partial charge in [-0.2, -0.15) is 5.26 Å². The number of rotatable bonds is 6. The number of nitrogens with one attached hydrogen (secondary N) is 1. The Morgan fingerprint density at radius 1 is 1.10 bits per heavy atom. The molecule has 1 N–H and O–H groups in total. The summed E-state index contributed by atoms with van der Waals surface area (Å²) in [6.45, 7) is 0.291. The Balaban J connectivity index is 1.70. The first-order valence-electron chi connectivity index (χ1n) is 8.80. The minimum Gasteiger partial charge on any atom is -0.487 e. The van der Waals surface area contributed by atoms with Crippen LogP contribution in [0.25, 0.3) is 6.08 Å². The van der Waals surface area contributed by atoms with Crippen LogP contribution in [0, 0.1) is 17.1 Å². The SMILES string of the molecule is N#C/C(=C\c1ccc(OCc2cccc(Cl)c2)c(Cl)c1)C(=O)Nc1ccc(F)cc1. The lowest BCUT2D eigenvalue weighted by Crippen LogP contribution is -2.13. The van der Waals surface area contributed by atoms with Gasteiger partial charge in [-0.1, -0.05) is 41.4 Å². The molecule has 3 rings (SSSR count). The fraction of sp³-hybridized carbons (Fsp3) is 0.0435. The summed E-state index contributed by atoms with van der Waals surface area (Å²) < 4.78 is 18.7. The third-order valence-electron chi connectivity index (χ3n) is 4.02. The Morgan fingerprint density at radius 3 is 2.53 bits per heavy atom. The molecule has 0 atom stereocenters. The Bertz CT molecular complexity index is 1140. The lowest BCUT2D eigenvalue weighted by atomic mass is 10.1. The van der Waals surface area contributed by atoms with Gasteiger partial charge in [-0.05, 0) is 65.7 Å². The largest absolute Gasteiger partial charge is 0.487 e. The van der Waals surface area contributed by atoms with Gasteiger partial charge in [-0.25, -0.2) is 4.39 Å². The molecule has 150 valence electrons. The van der Waals surface area contributed by atoms with E-state index in [0.29, 0.717) is 33.7 Å². The average Bonchev–Trinajstić information content (AvgIpc) is 2.73. The van der Waals surface area contributed by atoms with E-state index in [9.17, 15) is 14.4 Å². The second kappa shape index (κ2) is 9.93. The second-order valence-electron chi connectivity index (χ2n) is 6.24. The van der Waals surface area contributed by atoms with Gasteiger partial charge in [0.05, 0.1) is 5.02 Å². The molecule has 4 nitrogen and oxygen atoms in total. The third kappa shape index (κ3) is 5.84. The fourth-order valence-electron chi connectivity index (χ4n) is 2.56. The van der Waals surface area contributed by atoms with Crippen LogP contribution in [0.3, 0.4) is 0 Å². The molecule has 0 heterocycles. The standard InChI is InChI=1S/C23H15Cl2FN2O2/c24-18-3-1-2-16(11-18)14-30-22-9-4-15(12-21(22)25)10-17(13-27)23(29)28-20-7-5-19(26)6-8-20/h1-12H,14H2,(H,28,29)/b17-10+. The number of nitrogens with zero attached hydrogens (tertiary/aromatic N) is 1. The van der Waals surface area contributed by atoms with E-state index < -0.39 is 11.7 Å². The predicted molar refractivity (Wildman–Crippen MR) is 116 cm³/mol. The molecular formula is C23H15Cl2FN2O2. The van der Waals surface area contributed by atoms with E-state index in [1.807, 2.05) is 18.2 Å². The number of carbonyl (C=O) groups is 1. The molecule has 0 aliphatic carbocycles. The van der Waals surface area contributed by atoms with E-state index in [0.717, 1.165) is 5.56 Å². The van der Waals surface area contributed by atoms with Gasteiger partial charge in [-0.3, -0.25) is 4.79 Å². The molecule has 7 heteroatoms. The molecule has 3 aromatic rings. The number of nitriles is 1. The van der Waals surface area contributed by atoms with Gasteiger partial charge in [0, 0.05) is 10.7 Å². The maximum Gasteiger partial charge on any atom is 0.266 e. The molecule has 0 bridgehead atoms. The monoisotopic (exact) mass is 440 g/mol. The zero-order chi connectivity index (χ0) is 21.5. The molecule has 30 heavy (non-hydrogen) atoms. The number of hydrogen-bond acceptors (Lipinski definition) is 3. The van der Waals surface area contributed by atoms with Crippen LogP contribution < -0.4 is 10.1 Å². The molecule has 3 aromatic carbocycles. The van der Waals surface area contributed by atoms with Crippen LogP contribution in [0.2, 0.25) is 10.0 Å². The molecule has 0 aromatic heterocycles. The molecule has 0 aliphatic heterocycles. The summed E-state index contributed by atoms with van der Waals surface area (Å²) >= 11 is 12.2. The van der Waals surface area contributed by atoms with Crippen LogP contribution in [0.1, 0.15) is 11.1 Å². The molecule has 0 saturated carbocycles. The molecule has 0 saturated heterocycles. The van der Waals surface area contributed by atoms with Crippen molar-refractivity contribution in [3.63, 3.8) is 0 Å². The van der Waals surface area contributed by atoms with Gasteiger partial charge in [0.1, 0.15) is 29.8 Å². The Hall–Kier alpha value is -3.33. The zero-order valence-corrected chi connectivity index (χ0v) is 17.0. The van der Waals surface area contributed by atoms with Gasteiger partial charge in [-0.15, -0.1) is 0 Å². The van der Waals surface area contributed by atoms with Gasteiger partial charge in [0.15, 0.2) is 0 Å². The highest BCUT2D eigenvalue weighted by atomic mass is 35.5. The van der Waals surface area contributed by atoms with Crippen molar-refractivity contribution in [1.29, 1.82) is 5.26 Å². The van der Waals surface area contributed by atoms with E-state index in [-0.39, 0.29) is 5.57 Å². The summed E-state index contributed by atoms with van der Waals surface area (Å²) in [6, 6.07) is 19.3. The fourth-order valence-corrected chi connectivity index (χ4v) is 3.02. The van der Waals surface area contributed by atoms with Crippen LogP contribution >= 0.6 is 23.2 Å². The third-order valence-corrected chi connectivity index (χ3v) is 4.55. The van der Waals surface area contributed by atoms with Crippen molar-refractivity contribution in [2.24, 2.45) is 0 Å². The Kier molecular flexibility index (Phi) is 7.08. The second-order valence-corrected chi connectivity index (χ2v) is 7.08. The lowest BCUT2D eigenvalue weighted by molar-refractivity contribution is -0.112. The minimum absolute atomic E-state index is 0.122. The molecule has 0 spiro atoms. The van der Waals surface area contributed by atoms with Crippen molar-refractivity contribution in [1.82, 2.24) is 0 Å². The van der Waals surface area contributed by atoms with E-state index in [1.165, 1.54) is 30.3 Å². The maximum atomic E-state index is 13.0. The smallest absolute Gasteiger partial charge is 0.266 e. The highest BCUT2D eigenvalue weighted by molar-refractivity contribution is 6.32. The Labute approximate surface area is 183 Å². The summed E-state index contributed by atoms with van der Waals surface area (Å²) in [5.74, 6) is -0.569. The van der Waals surface area contributed by atoms with Crippen LogP contribution in [0.4, 0.5) is 10.1 Å². The number of amides is 1. The number of hydrogen-bond donors (Lipinski definition) is 1. The van der Waals surface area contributed by atoms with Crippen LogP contribution in [-0.4, -0.2) is 5.91 Å². The number of anilines is 1. The normalized spacial score (nSPS) is 10.9. The van der Waals surface area contributed by atoms with Gasteiger partial charge in [0.25, 0.3) is 5.91 Å². The van der Waals surface area contributed by atoms with E-state index in [1.54, 1.807) is 30.3 Å². The highest BCUT2D eigenvalue weighted by Gasteiger charge is 2.11. The molecule has 0 fully saturated rings. The Morgan fingerprint density at radius 2 is 1.87 bits per heavy atom. The van der Waals surface area contributed by atoms with E-state index in [4.69, 9.17) is 27.9 Å². The summed E-state index contributed by atoms with van der Waals surface area (Å²) in [5.41, 5.74) is 1.71. The average molecular weight is 441 g/mol. The summed E-state index contributed by atoms with van der Waals surface area (Å²) in [7, 11) is 0. The summed E-state index contributed by atoms with van der Waals surface area (Å²) in [5, 5.41) is 12.8. The van der Waals surface area contributed by atoms with Crippen LogP contribution in [-0.2, 0) is 11.4 Å². The summed E-state index contributed by atoms with van der Waals surface area (Å²) in [6.07, 6.45) is 1.41. The van der Waals surface area contributed by atoms with Crippen LogP contribution in [0.15, 0.2) is 72.3 Å². The summed E-state index contributed by atoms with van der Waals surface area (Å²) in [4.78, 5) is 12.3. The first-order chi connectivity index (χ1) is 14.4. The highest BCUT2D eigenvalue weighted by Crippen LogP contribution is 2.27. The van der Waals surface area contributed by atoms with Crippen molar-refractivity contribution in [3.05, 3.63) is 99.3 Å². The number of carbonyl (C=O) groups excluding carboxylic acids is 1. The quantitative estimate of drug-likeness (QED) is 0.363. The van der Waals surface area contributed by atoms with Crippen molar-refractivity contribution in [2.75, 3.05) is 5.32 Å². The number of halogens is 3. The van der Waals surface area contributed by atoms with Crippen molar-refractivity contribution >= 4 is 40.9 Å². The first kappa shape index (κ1) is 21.4. The number of ether oxygens (including phenoxy) is 1. The van der Waals surface area contributed by atoms with Crippen molar-refractivity contribution < 1.29 is 13.9 Å². The minimum atomic E-state index is -0.610.